The van der Waals surface area contributed by atoms with Crippen molar-refractivity contribution in [3.63, 3.8) is 0 Å². The Morgan fingerprint density at radius 1 is 0.850 bits per heavy atom. The second-order valence-electron chi connectivity index (χ2n) is 4.55. The van der Waals surface area contributed by atoms with E-state index in [1.807, 2.05) is 18.2 Å². The van der Waals surface area contributed by atoms with Crippen molar-refractivity contribution >= 4 is 18.1 Å². The Balaban J connectivity index is 1.78. The Morgan fingerprint density at radius 2 is 1.50 bits per heavy atom. The molecular weight excluding hydrogens is 246 g/mol. The number of nitrogens with zero attached hydrogens (tertiary/aromatic N) is 1. The minimum absolute atomic E-state index is 0.438. The third kappa shape index (κ3) is 2.78. The van der Waals surface area contributed by atoms with Crippen LogP contribution in [0.5, 0.6) is 0 Å². The van der Waals surface area contributed by atoms with E-state index < -0.39 is 0 Å². The van der Waals surface area contributed by atoms with Gasteiger partial charge in [0.1, 0.15) is 0 Å². The summed E-state index contributed by atoms with van der Waals surface area (Å²) in [6.45, 7) is 0. The van der Waals surface area contributed by atoms with Gasteiger partial charge in [-0.15, -0.1) is 0 Å². The number of imidazole rings is 1. The average Bonchev–Trinajstić information content (AvgIpc) is 2.93. The maximum absolute atomic E-state index is 5.58. The van der Waals surface area contributed by atoms with Gasteiger partial charge in [-0.1, -0.05) is 66.7 Å². The number of nitrogens with two attached hydrogens (primary N) is 1. The van der Waals surface area contributed by atoms with Gasteiger partial charge in [0.2, 0.25) is 0 Å². The highest BCUT2D eigenvalue weighted by Crippen LogP contribution is 2.19. The summed E-state index contributed by atoms with van der Waals surface area (Å²) in [5, 5.41) is 0. The van der Waals surface area contributed by atoms with E-state index in [1.54, 1.807) is 6.20 Å². The number of aromatic nitrogens is 2. The molecule has 3 heteroatoms. The first-order chi connectivity index (χ1) is 9.81. The second kappa shape index (κ2) is 5.45. The fourth-order valence-electron chi connectivity index (χ4n) is 2.01. The van der Waals surface area contributed by atoms with Crippen molar-refractivity contribution in [3.05, 3.63) is 71.9 Å². The minimum Gasteiger partial charge on any atom is -0.369 e. The van der Waals surface area contributed by atoms with Gasteiger partial charge in [0, 0.05) is 0 Å². The zero-order chi connectivity index (χ0) is 13.8. The lowest BCUT2D eigenvalue weighted by molar-refractivity contribution is 1.33. The Morgan fingerprint density at radius 3 is 2.10 bits per heavy atom. The van der Waals surface area contributed by atoms with E-state index >= 15 is 0 Å². The molecule has 0 spiro atoms. The van der Waals surface area contributed by atoms with Crippen LogP contribution < -0.4 is 5.73 Å². The summed E-state index contributed by atoms with van der Waals surface area (Å²) in [6.07, 6.45) is 5.94. The number of aromatic amines is 1. The molecule has 0 saturated heterocycles. The van der Waals surface area contributed by atoms with Crippen molar-refractivity contribution in [3.8, 4) is 11.3 Å². The number of nitrogen functional groups attached to an aromatic ring is 1. The van der Waals surface area contributed by atoms with Crippen LogP contribution in [0.2, 0.25) is 0 Å². The predicted octanol–water partition coefficient (Wildman–Crippen LogP) is 3.83. The van der Waals surface area contributed by atoms with Crippen LogP contribution in [0.15, 0.2) is 60.8 Å². The van der Waals surface area contributed by atoms with Crippen LogP contribution in [0.3, 0.4) is 0 Å². The van der Waals surface area contributed by atoms with Crippen molar-refractivity contribution in [2.75, 3.05) is 5.73 Å². The lowest BCUT2D eigenvalue weighted by atomic mass is 10.1. The summed E-state index contributed by atoms with van der Waals surface area (Å²) >= 11 is 0. The van der Waals surface area contributed by atoms with E-state index in [2.05, 4.69) is 58.5 Å². The number of rotatable bonds is 3. The van der Waals surface area contributed by atoms with Crippen LogP contribution in [0.4, 0.5) is 5.95 Å². The molecular formula is C17H15N3. The standard InChI is InChI=1S/C17H15N3/c18-17-19-12-16(20-17)15-10-8-14(9-11-15)7-6-13-4-2-1-3-5-13/h1-12H,(H3,18,19,20). The molecule has 2 aromatic carbocycles. The Hall–Kier alpha value is -2.81. The number of nitrogens with one attached hydrogen (secondary N) is 1. The van der Waals surface area contributed by atoms with Crippen LogP contribution in [0.25, 0.3) is 23.4 Å². The SMILES string of the molecule is Nc1ncc(-c2ccc(C=Cc3ccccc3)cc2)[nH]1. The van der Waals surface area contributed by atoms with Crippen molar-refractivity contribution in [1.29, 1.82) is 0 Å². The van der Waals surface area contributed by atoms with Gasteiger partial charge < -0.3 is 10.7 Å². The number of H-pyrrole nitrogens is 1. The number of anilines is 1. The van der Waals surface area contributed by atoms with Crippen molar-refractivity contribution < 1.29 is 0 Å². The summed E-state index contributed by atoms with van der Waals surface area (Å²) in [4.78, 5) is 7.02. The molecule has 0 saturated carbocycles. The zero-order valence-corrected chi connectivity index (χ0v) is 11.0. The lowest BCUT2D eigenvalue weighted by Gasteiger charge is -1.99. The quantitative estimate of drug-likeness (QED) is 0.704. The fourth-order valence-corrected chi connectivity index (χ4v) is 2.01. The molecule has 0 atom stereocenters. The van der Waals surface area contributed by atoms with Crippen LogP contribution in [0.1, 0.15) is 11.1 Å². The smallest absolute Gasteiger partial charge is 0.197 e. The largest absolute Gasteiger partial charge is 0.369 e. The number of benzene rings is 2. The Kier molecular flexibility index (Phi) is 3.33. The van der Waals surface area contributed by atoms with Crippen LogP contribution in [-0.4, -0.2) is 9.97 Å². The van der Waals surface area contributed by atoms with Gasteiger partial charge in [-0.05, 0) is 16.7 Å². The van der Waals surface area contributed by atoms with Crippen molar-refractivity contribution in [1.82, 2.24) is 9.97 Å². The van der Waals surface area contributed by atoms with Gasteiger partial charge in [-0.2, -0.15) is 0 Å². The Bertz CT molecular complexity index is 710. The van der Waals surface area contributed by atoms with Gasteiger partial charge in [-0.3, -0.25) is 0 Å². The summed E-state index contributed by atoms with van der Waals surface area (Å²) < 4.78 is 0. The molecule has 3 aromatic rings. The molecule has 0 bridgehead atoms. The molecule has 0 unspecified atom stereocenters. The molecule has 1 aromatic heterocycles. The van der Waals surface area contributed by atoms with Crippen LogP contribution in [0, 0.1) is 0 Å². The molecule has 3 nitrogen and oxygen atoms in total. The summed E-state index contributed by atoms with van der Waals surface area (Å²) in [6, 6.07) is 18.5. The van der Waals surface area contributed by atoms with E-state index in [9.17, 15) is 0 Å². The van der Waals surface area contributed by atoms with Crippen LogP contribution in [-0.2, 0) is 0 Å². The van der Waals surface area contributed by atoms with Gasteiger partial charge >= 0.3 is 0 Å². The zero-order valence-electron chi connectivity index (χ0n) is 11.0. The highest BCUT2D eigenvalue weighted by molar-refractivity contribution is 5.71. The first-order valence-corrected chi connectivity index (χ1v) is 6.45. The van der Waals surface area contributed by atoms with Crippen molar-refractivity contribution in [2.24, 2.45) is 0 Å². The predicted molar refractivity (Wildman–Crippen MR) is 83.8 cm³/mol. The average molecular weight is 261 g/mol. The Labute approximate surface area is 117 Å². The van der Waals surface area contributed by atoms with E-state index in [1.165, 1.54) is 5.56 Å². The topological polar surface area (TPSA) is 54.7 Å². The fraction of sp³-hybridized carbons (Fsp3) is 0. The summed E-state index contributed by atoms with van der Waals surface area (Å²) in [5.41, 5.74) is 9.94. The third-order valence-electron chi connectivity index (χ3n) is 3.08. The van der Waals surface area contributed by atoms with Crippen molar-refractivity contribution in [2.45, 2.75) is 0 Å². The van der Waals surface area contributed by atoms with E-state index in [0.29, 0.717) is 5.95 Å². The highest BCUT2D eigenvalue weighted by atomic mass is 15.0. The molecule has 20 heavy (non-hydrogen) atoms. The second-order valence-corrected chi connectivity index (χ2v) is 4.55. The molecule has 0 aliphatic rings. The summed E-state index contributed by atoms with van der Waals surface area (Å²) in [7, 11) is 0. The molecule has 0 radical (unpaired) electrons. The summed E-state index contributed by atoms with van der Waals surface area (Å²) in [5.74, 6) is 0.438. The van der Waals surface area contributed by atoms with E-state index in [0.717, 1.165) is 16.8 Å². The van der Waals surface area contributed by atoms with Gasteiger partial charge in [0.25, 0.3) is 0 Å². The maximum atomic E-state index is 5.58. The van der Waals surface area contributed by atoms with E-state index in [-0.39, 0.29) is 0 Å². The molecule has 98 valence electrons. The van der Waals surface area contributed by atoms with E-state index in [4.69, 9.17) is 5.73 Å². The number of hydrogen-bond donors (Lipinski definition) is 2. The van der Waals surface area contributed by atoms with Gasteiger partial charge in [0.15, 0.2) is 5.95 Å². The molecule has 1 heterocycles. The molecule has 3 N–H and O–H groups in total. The molecule has 3 rings (SSSR count). The first kappa shape index (κ1) is 12.2. The van der Waals surface area contributed by atoms with Gasteiger partial charge in [0.05, 0.1) is 11.9 Å². The van der Waals surface area contributed by atoms with Gasteiger partial charge in [-0.25, -0.2) is 4.98 Å². The monoisotopic (exact) mass is 261 g/mol. The molecule has 0 aliphatic heterocycles. The lowest BCUT2D eigenvalue weighted by Crippen LogP contribution is -1.85. The first-order valence-electron chi connectivity index (χ1n) is 6.45. The minimum atomic E-state index is 0.438. The number of hydrogen-bond acceptors (Lipinski definition) is 2. The highest BCUT2D eigenvalue weighted by Gasteiger charge is 2.00. The normalized spacial score (nSPS) is 11.0. The van der Waals surface area contributed by atoms with Crippen LogP contribution >= 0.6 is 0 Å². The molecule has 0 aliphatic carbocycles. The molecule has 0 fully saturated rings. The molecule has 0 amide bonds. The third-order valence-corrected chi connectivity index (χ3v) is 3.08. The maximum Gasteiger partial charge on any atom is 0.197 e.